The smallest absolute Gasteiger partial charge is 0.251 e. The van der Waals surface area contributed by atoms with Crippen molar-refractivity contribution in [1.29, 1.82) is 0 Å². The predicted octanol–water partition coefficient (Wildman–Crippen LogP) is 4.31. The molecule has 3 aromatic carbocycles. The average molecular weight is 358 g/mol. The first-order valence-electron chi connectivity index (χ1n) is 9.26. The predicted molar refractivity (Wildman–Crippen MR) is 111 cm³/mol. The highest BCUT2D eigenvalue weighted by atomic mass is 16.1. The standard InChI is InChI=1S/C24H26N2O/c1-26(2)23(20-13-7-4-8-14-20)18-25-24(27)22-16-10-9-15-21(22)17-19-11-5-3-6-12-19/h3-16,23H,17-18H2,1-2H3,(H,25,27). The molecule has 138 valence electrons. The van der Waals surface area contributed by atoms with E-state index in [4.69, 9.17) is 0 Å². The lowest BCUT2D eigenvalue weighted by Crippen LogP contribution is -2.34. The number of hydrogen-bond acceptors (Lipinski definition) is 2. The Balaban J connectivity index is 1.72. The fourth-order valence-electron chi connectivity index (χ4n) is 3.27. The van der Waals surface area contributed by atoms with Crippen molar-refractivity contribution < 1.29 is 4.79 Å². The first-order chi connectivity index (χ1) is 13.1. The van der Waals surface area contributed by atoms with Gasteiger partial charge in [0.2, 0.25) is 0 Å². The van der Waals surface area contributed by atoms with Gasteiger partial charge in [-0.15, -0.1) is 0 Å². The molecule has 3 heteroatoms. The van der Waals surface area contributed by atoms with E-state index in [1.807, 2.05) is 74.8 Å². The van der Waals surface area contributed by atoms with Crippen molar-refractivity contribution in [3.63, 3.8) is 0 Å². The molecule has 1 atom stereocenters. The van der Waals surface area contributed by atoms with E-state index in [-0.39, 0.29) is 11.9 Å². The zero-order valence-electron chi connectivity index (χ0n) is 15.9. The van der Waals surface area contributed by atoms with Crippen LogP contribution in [0.2, 0.25) is 0 Å². The molecule has 27 heavy (non-hydrogen) atoms. The minimum absolute atomic E-state index is 0.0238. The molecule has 0 aliphatic rings. The van der Waals surface area contributed by atoms with Gasteiger partial charge in [0.1, 0.15) is 0 Å². The summed E-state index contributed by atoms with van der Waals surface area (Å²) in [5.41, 5.74) is 4.18. The number of hydrogen-bond donors (Lipinski definition) is 1. The quantitative estimate of drug-likeness (QED) is 0.682. The number of carbonyl (C=O) groups is 1. The van der Waals surface area contributed by atoms with Gasteiger partial charge in [-0.3, -0.25) is 4.79 Å². The van der Waals surface area contributed by atoms with E-state index >= 15 is 0 Å². The summed E-state index contributed by atoms with van der Waals surface area (Å²) in [5.74, 6) is -0.0238. The third kappa shape index (κ3) is 5.05. The van der Waals surface area contributed by atoms with Crippen LogP contribution in [0, 0.1) is 0 Å². The summed E-state index contributed by atoms with van der Waals surface area (Å²) in [6.07, 6.45) is 0.750. The number of rotatable bonds is 7. The van der Waals surface area contributed by atoms with E-state index in [1.165, 1.54) is 11.1 Å². The highest BCUT2D eigenvalue weighted by Crippen LogP contribution is 2.18. The highest BCUT2D eigenvalue weighted by molar-refractivity contribution is 5.95. The first kappa shape index (κ1) is 18.9. The van der Waals surface area contributed by atoms with E-state index in [1.54, 1.807) is 0 Å². The van der Waals surface area contributed by atoms with Crippen molar-refractivity contribution in [2.24, 2.45) is 0 Å². The second-order valence-corrected chi connectivity index (χ2v) is 6.92. The number of nitrogens with zero attached hydrogens (tertiary/aromatic N) is 1. The molecule has 3 nitrogen and oxygen atoms in total. The Morgan fingerprint density at radius 3 is 2.11 bits per heavy atom. The summed E-state index contributed by atoms with van der Waals surface area (Å²) >= 11 is 0. The van der Waals surface area contributed by atoms with Crippen molar-refractivity contribution >= 4 is 5.91 Å². The fraction of sp³-hybridized carbons (Fsp3) is 0.208. The molecule has 1 unspecified atom stereocenters. The summed E-state index contributed by atoms with van der Waals surface area (Å²) in [7, 11) is 4.07. The molecule has 0 fully saturated rings. The van der Waals surface area contributed by atoms with Gasteiger partial charge in [0.15, 0.2) is 0 Å². The van der Waals surface area contributed by atoms with E-state index in [0.717, 1.165) is 17.5 Å². The number of carbonyl (C=O) groups excluding carboxylic acids is 1. The molecule has 0 spiro atoms. The van der Waals surface area contributed by atoms with Crippen molar-refractivity contribution in [2.45, 2.75) is 12.5 Å². The Kier molecular flexibility index (Phi) is 6.39. The van der Waals surface area contributed by atoms with Crippen LogP contribution in [0.5, 0.6) is 0 Å². The third-order valence-electron chi connectivity index (χ3n) is 4.76. The van der Waals surface area contributed by atoms with Crippen LogP contribution >= 0.6 is 0 Å². The van der Waals surface area contributed by atoms with Crippen LogP contribution in [0.15, 0.2) is 84.9 Å². The van der Waals surface area contributed by atoms with Crippen LogP contribution in [0.1, 0.15) is 33.1 Å². The Morgan fingerprint density at radius 1 is 0.852 bits per heavy atom. The molecule has 0 aliphatic carbocycles. The van der Waals surface area contributed by atoms with Gasteiger partial charge < -0.3 is 10.2 Å². The van der Waals surface area contributed by atoms with E-state index < -0.39 is 0 Å². The highest BCUT2D eigenvalue weighted by Gasteiger charge is 2.17. The Bertz CT molecular complexity index is 860. The molecule has 1 N–H and O–H groups in total. The normalized spacial score (nSPS) is 12.0. The van der Waals surface area contributed by atoms with Crippen LogP contribution in [0.25, 0.3) is 0 Å². The SMILES string of the molecule is CN(C)C(CNC(=O)c1ccccc1Cc1ccccc1)c1ccccc1. The lowest BCUT2D eigenvalue weighted by molar-refractivity contribution is 0.0941. The topological polar surface area (TPSA) is 32.3 Å². The van der Waals surface area contributed by atoms with E-state index in [2.05, 4.69) is 34.5 Å². The van der Waals surface area contributed by atoms with Gasteiger partial charge in [-0.25, -0.2) is 0 Å². The van der Waals surface area contributed by atoms with Crippen LogP contribution in [-0.4, -0.2) is 31.4 Å². The van der Waals surface area contributed by atoms with Crippen molar-refractivity contribution in [3.8, 4) is 0 Å². The minimum Gasteiger partial charge on any atom is -0.350 e. The molecule has 3 rings (SSSR count). The molecule has 0 bridgehead atoms. The van der Waals surface area contributed by atoms with Gasteiger partial charge in [0.05, 0.1) is 6.04 Å². The largest absolute Gasteiger partial charge is 0.350 e. The van der Waals surface area contributed by atoms with Crippen LogP contribution in [0.3, 0.4) is 0 Å². The Hall–Kier alpha value is -2.91. The van der Waals surface area contributed by atoms with Gasteiger partial charge >= 0.3 is 0 Å². The molecule has 0 aromatic heterocycles. The summed E-state index contributed by atoms with van der Waals surface area (Å²) in [6.45, 7) is 0.565. The molecule has 1 amide bonds. The maximum absolute atomic E-state index is 12.9. The monoisotopic (exact) mass is 358 g/mol. The zero-order chi connectivity index (χ0) is 19.1. The molecule has 0 heterocycles. The summed E-state index contributed by atoms with van der Waals surface area (Å²) in [4.78, 5) is 15.0. The molecule has 0 radical (unpaired) electrons. The second-order valence-electron chi connectivity index (χ2n) is 6.92. The van der Waals surface area contributed by atoms with Gasteiger partial charge in [-0.1, -0.05) is 78.9 Å². The molecular weight excluding hydrogens is 332 g/mol. The van der Waals surface area contributed by atoms with Crippen molar-refractivity contribution in [1.82, 2.24) is 10.2 Å². The van der Waals surface area contributed by atoms with Crippen molar-refractivity contribution in [3.05, 3.63) is 107 Å². The molecule has 0 saturated heterocycles. The number of amides is 1. The van der Waals surface area contributed by atoms with Crippen LogP contribution < -0.4 is 5.32 Å². The maximum atomic E-state index is 12.9. The second kappa shape index (κ2) is 9.15. The maximum Gasteiger partial charge on any atom is 0.251 e. The average Bonchev–Trinajstić information content (AvgIpc) is 2.70. The van der Waals surface area contributed by atoms with Crippen LogP contribution in [0.4, 0.5) is 0 Å². The minimum atomic E-state index is -0.0238. The molecular formula is C24H26N2O. The van der Waals surface area contributed by atoms with Gasteiger partial charge in [0, 0.05) is 12.1 Å². The van der Waals surface area contributed by atoms with E-state index in [9.17, 15) is 4.79 Å². The number of nitrogens with one attached hydrogen (secondary N) is 1. The first-order valence-corrected chi connectivity index (χ1v) is 9.26. The lowest BCUT2D eigenvalue weighted by Gasteiger charge is -2.25. The lowest BCUT2D eigenvalue weighted by atomic mass is 9.99. The van der Waals surface area contributed by atoms with Crippen LogP contribution in [-0.2, 0) is 6.42 Å². The summed E-state index contributed by atoms with van der Waals surface area (Å²) in [5, 5.41) is 3.12. The Labute approximate surface area is 161 Å². The van der Waals surface area contributed by atoms with E-state index in [0.29, 0.717) is 6.54 Å². The Morgan fingerprint density at radius 2 is 1.44 bits per heavy atom. The van der Waals surface area contributed by atoms with Crippen molar-refractivity contribution in [2.75, 3.05) is 20.6 Å². The van der Waals surface area contributed by atoms with Gasteiger partial charge in [0.25, 0.3) is 5.91 Å². The fourth-order valence-corrected chi connectivity index (χ4v) is 3.27. The summed E-state index contributed by atoms with van der Waals surface area (Å²) < 4.78 is 0. The zero-order valence-corrected chi connectivity index (χ0v) is 15.9. The van der Waals surface area contributed by atoms with Gasteiger partial charge in [-0.2, -0.15) is 0 Å². The molecule has 0 saturated carbocycles. The number of benzene rings is 3. The molecule has 3 aromatic rings. The molecule has 0 aliphatic heterocycles. The van der Waals surface area contributed by atoms with Gasteiger partial charge in [-0.05, 0) is 43.3 Å². The number of likely N-dealkylation sites (N-methyl/N-ethyl adjacent to an activating group) is 1. The third-order valence-corrected chi connectivity index (χ3v) is 4.76. The summed E-state index contributed by atoms with van der Waals surface area (Å²) in [6, 6.07) is 28.5.